The van der Waals surface area contributed by atoms with Crippen molar-refractivity contribution in [1.29, 1.82) is 0 Å². The maximum absolute atomic E-state index is 11.5. The van der Waals surface area contributed by atoms with E-state index in [1.165, 1.54) is 81.8 Å². The lowest BCUT2D eigenvalue weighted by Gasteiger charge is -2.64. The molecule has 41 heavy (non-hydrogen) atoms. The van der Waals surface area contributed by atoms with Crippen LogP contribution in [0.25, 0.3) is 5.57 Å². The molecule has 2 N–H and O–H groups in total. The molecule has 3 nitrogen and oxygen atoms in total. The van der Waals surface area contributed by atoms with Gasteiger partial charge in [0.25, 0.3) is 0 Å². The highest BCUT2D eigenvalue weighted by atomic mass is 16.4. The molecule has 0 bridgehead atoms. The van der Waals surface area contributed by atoms with Gasteiger partial charge in [-0.15, -0.1) is 0 Å². The Hall–Kier alpha value is -1.61. The Morgan fingerprint density at radius 3 is 2.12 bits per heavy atom. The summed E-state index contributed by atoms with van der Waals surface area (Å²) < 4.78 is 0. The first-order valence-corrected chi connectivity index (χ1v) is 17.0. The zero-order valence-electron chi connectivity index (χ0n) is 27.1. The highest BCUT2D eigenvalue weighted by molar-refractivity contribution is 5.88. The topological polar surface area (TPSA) is 49.3 Å². The second kappa shape index (κ2) is 9.96. The van der Waals surface area contributed by atoms with Crippen LogP contribution in [-0.4, -0.2) is 23.7 Å². The molecule has 0 aliphatic heterocycles. The van der Waals surface area contributed by atoms with Gasteiger partial charge in [-0.2, -0.15) is 0 Å². The number of carbonyl (C=O) groups is 1. The zero-order valence-corrected chi connectivity index (χ0v) is 27.1. The van der Waals surface area contributed by atoms with Crippen molar-refractivity contribution in [1.82, 2.24) is 5.32 Å². The third-order valence-corrected chi connectivity index (χ3v) is 14.8. The van der Waals surface area contributed by atoms with Gasteiger partial charge in [-0.3, -0.25) is 0 Å². The van der Waals surface area contributed by atoms with E-state index in [9.17, 15) is 9.90 Å². The Labute approximate surface area is 250 Å². The molecule has 0 amide bonds. The van der Waals surface area contributed by atoms with Gasteiger partial charge in [-0.1, -0.05) is 66.2 Å². The minimum absolute atomic E-state index is 0.0655. The van der Waals surface area contributed by atoms with Crippen LogP contribution in [0.1, 0.15) is 135 Å². The summed E-state index contributed by atoms with van der Waals surface area (Å²) in [5, 5.41) is 13.4. The van der Waals surface area contributed by atoms with E-state index < -0.39 is 5.97 Å². The summed E-state index contributed by atoms with van der Waals surface area (Å²) >= 11 is 0. The second-order valence-corrected chi connectivity index (χ2v) is 16.8. The molecule has 0 saturated heterocycles. The highest BCUT2D eigenvalue weighted by Gasteiger charge is 2.61. The minimum Gasteiger partial charge on any atom is -0.478 e. The molecule has 6 rings (SSSR count). The van der Waals surface area contributed by atoms with E-state index >= 15 is 0 Å². The van der Waals surface area contributed by atoms with Crippen LogP contribution in [0.15, 0.2) is 30.3 Å². The molecule has 3 heteroatoms. The molecule has 0 heterocycles. The number of carboxylic acid groups (broad SMARTS) is 1. The van der Waals surface area contributed by atoms with Crippen LogP contribution < -0.4 is 5.32 Å². The number of hydrogen-bond donors (Lipinski definition) is 2. The lowest BCUT2D eigenvalue weighted by molar-refractivity contribution is -0.120. The summed E-state index contributed by atoms with van der Waals surface area (Å²) in [6.07, 6.45) is 18.9. The Bertz CT molecular complexity index is 1190. The van der Waals surface area contributed by atoms with Gasteiger partial charge in [-0.25, -0.2) is 4.79 Å². The van der Waals surface area contributed by atoms with E-state index in [1.807, 2.05) is 12.1 Å². The van der Waals surface area contributed by atoms with Crippen LogP contribution in [-0.2, 0) is 0 Å². The molecule has 4 fully saturated rings. The number of allylic oxidation sites excluding steroid dienone is 2. The van der Waals surface area contributed by atoms with Crippen molar-refractivity contribution >= 4 is 11.5 Å². The molecule has 1 aromatic carbocycles. The van der Waals surface area contributed by atoms with Crippen LogP contribution in [0.4, 0.5) is 0 Å². The number of aromatic carboxylic acids is 1. The van der Waals surface area contributed by atoms with Crippen LogP contribution in [0.2, 0.25) is 0 Å². The van der Waals surface area contributed by atoms with Crippen LogP contribution in [0, 0.1) is 51.2 Å². The monoisotopic (exact) mass is 559 g/mol. The summed E-state index contributed by atoms with van der Waals surface area (Å²) in [6, 6.07) is 7.66. The van der Waals surface area contributed by atoms with Crippen LogP contribution in [0.5, 0.6) is 0 Å². The van der Waals surface area contributed by atoms with Gasteiger partial charge in [0, 0.05) is 5.54 Å². The molecular weight excluding hydrogens is 502 g/mol. The number of hydrogen-bond acceptors (Lipinski definition) is 2. The van der Waals surface area contributed by atoms with Gasteiger partial charge in [0.2, 0.25) is 0 Å². The fourth-order valence-electron chi connectivity index (χ4n) is 11.9. The standard InChI is InChI=1S/C38H57NO2/c1-25-15-21-38(39-7)22-17-29(35(4)23-24-35)30(38)9-8-10-32-36(25,5)20-18-31-34(2,3)28(16-19-37(31,32)6)26-11-13-27(14-12-26)33(40)41/h11-14,16,25,29-32,39H,8-10,15,17-24H2,1-7H3,(H,40,41). The third kappa shape index (κ3) is 4.49. The molecule has 0 spiro atoms. The number of benzene rings is 1. The highest BCUT2D eigenvalue weighted by Crippen LogP contribution is 2.69. The molecule has 5 aliphatic carbocycles. The largest absolute Gasteiger partial charge is 0.478 e. The van der Waals surface area contributed by atoms with Crippen molar-refractivity contribution in [2.45, 2.75) is 124 Å². The van der Waals surface area contributed by atoms with Crippen LogP contribution >= 0.6 is 0 Å². The predicted octanol–water partition coefficient (Wildman–Crippen LogP) is 9.62. The Morgan fingerprint density at radius 2 is 1.49 bits per heavy atom. The van der Waals surface area contributed by atoms with E-state index in [2.05, 4.69) is 60.0 Å². The Kier molecular flexibility index (Phi) is 7.16. The first-order valence-electron chi connectivity index (χ1n) is 17.0. The molecular formula is C38H57NO2. The van der Waals surface area contributed by atoms with E-state index in [4.69, 9.17) is 0 Å². The van der Waals surface area contributed by atoms with Gasteiger partial charge in [0.15, 0.2) is 0 Å². The third-order valence-electron chi connectivity index (χ3n) is 14.8. The number of carboxylic acids is 1. The molecule has 5 aliphatic rings. The summed E-state index contributed by atoms with van der Waals surface area (Å²) in [7, 11) is 2.28. The summed E-state index contributed by atoms with van der Waals surface area (Å²) in [4.78, 5) is 11.5. The van der Waals surface area contributed by atoms with Crippen molar-refractivity contribution in [3.05, 3.63) is 41.5 Å². The molecule has 0 aromatic heterocycles. The molecule has 8 unspecified atom stereocenters. The summed E-state index contributed by atoms with van der Waals surface area (Å²) in [5.74, 6) is 3.03. The first kappa shape index (κ1) is 29.5. The van der Waals surface area contributed by atoms with E-state index in [0.29, 0.717) is 33.3 Å². The van der Waals surface area contributed by atoms with Gasteiger partial charge < -0.3 is 10.4 Å². The maximum Gasteiger partial charge on any atom is 0.335 e. The average Bonchev–Trinajstić information content (AvgIpc) is 3.56. The van der Waals surface area contributed by atoms with E-state index in [-0.39, 0.29) is 5.41 Å². The van der Waals surface area contributed by atoms with Crippen molar-refractivity contribution in [2.75, 3.05) is 7.05 Å². The number of rotatable bonds is 4. The minimum atomic E-state index is -0.847. The number of fused-ring (bicyclic) bond motifs is 4. The molecule has 4 saturated carbocycles. The van der Waals surface area contributed by atoms with Crippen molar-refractivity contribution in [2.24, 2.45) is 51.2 Å². The zero-order chi connectivity index (χ0) is 29.4. The summed E-state index contributed by atoms with van der Waals surface area (Å²) in [5.41, 5.74) is 4.74. The first-order chi connectivity index (χ1) is 19.3. The fraction of sp³-hybridized carbons (Fsp3) is 0.763. The second-order valence-electron chi connectivity index (χ2n) is 16.8. The maximum atomic E-state index is 11.5. The van der Waals surface area contributed by atoms with Gasteiger partial charge in [0.1, 0.15) is 0 Å². The molecule has 1 aromatic rings. The van der Waals surface area contributed by atoms with E-state index in [1.54, 1.807) is 12.1 Å². The lowest BCUT2D eigenvalue weighted by Crippen LogP contribution is -2.57. The fourth-order valence-corrected chi connectivity index (χ4v) is 11.9. The normalized spacial score (nSPS) is 43.2. The number of nitrogens with one attached hydrogen (secondary N) is 1. The quantitative estimate of drug-likeness (QED) is 0.386. The molecule has 0 radical (unpaired) electrons. The van der Waals surface area contributed by atoms with Gasteiger partial charge in [0.05, 0.1) is 5.56 Å². The summed E-state index contributed by atoms with van der Waals surface area (Å²) in [6.45, 7) is 15.5. The SMILES string of the molecule is CNC12CCC(C3(C)CC3)C1CCCC1C(C)(CCC3C(C)(C)C(c4ccc(C(=O)O)cc4)=CCC31C)C(C)CC2. The van der Waals surface area contributed by atoms with Crippen molar-refractivity contribution in [3.8, 4) is 0 Å². The van der Waals surface area contributed by atoms with Crippen LogP contribution in [0.3, 0.4) is 0 Å². The molecule has 8 atom stereocenters. The predicted molar refractivity (Wildman–Crippen MR) is 170 cm³/mol. The van der Waals surface area contributed by atoms with Gasteiger partial charge >= 0.3 is 5.97 Å². The Morgan fingerprint density at radius 1 is 0.805 bits per heavy atom. The van der Waals surface area contributed by atoms with Crippen molar-refractivity contribution < 1.29 is 9.90 Å². The molecule has 226 valence electrons. The lowest BCUT2D eigenvalue weighted by atomic mass is 9.40. The average molecular weight is 560 g/mol. The van der Waals surface area contributed by atoms with E-state index in [0.717, 1.165) is 30.1 Å². The smallest absolute Gasteiger partial charge is 0.335 e. The van der Waals surface area contributed by atoms with Crippen molar-refractivity contribution in [3.63, 3.8) is 0 Å². The van der Waals surface area contributed by atoms with Gasteiger partial charge in [-0.05, 0) is 152 Å². The Balaban J connectivity index is 1.32.